The van der Waals surface area contributed by atoms with Gasteiger partial charge in [-0.1, -0.05) is 39.0 Å². The Balaban J connectivity index is 0.000000671. The number of allylic oxidation sites excluding steroid dienone is 2. The zero-order valence-corrected chi connectivity index (χ0v) is 12.4. The van der Waals surface area contributed by atoms with Gasteiger partial charge in [-0.3, -0.25) is 5.92 Å². The third kappa shape index (κ3) is 3.45. The topological polar surface area (TPSA) is 0 Å². The molecule has 0 aliphatic heterocycles. The molecule has 0 fully saturated rings. The number of halogens is 1. The summed E-state index contributed by atoms with van der Waals surface area (Å²) in [6.45, 7) is 6.52. The van der Waals surface area contributed by atoms with Gasteiger partial charge < -0.3 is 6.42 Å². The molecule has 0 spiro atoms. The van der Waals surface area contributed by atoms with Crippen molar-refractivity contribution < 1.29 is 17.3 Å². The first kappa shape index (κ1) is 13.2. The van der Waals surface area contributed by atoms with E-state index in [1.54, 1.807) is 0 Å². The summed E-state index contributed by atoms with van der Waals surface area (Å²) in [5, 5.41) is 0. The standard InChI is InChI=1S/C11H15.ClH.Zn/c1-5-10-9(2)7-6-8-11(10,3)4;;/h6-8H2,2-4H3;1H;/q-1;;+2/p-1. The second-order valence-corrected chi connectivity index (χ2v) is 4.02. The minimum absolute atomic E-state index is 0.198. The molecule has 2 heteroatoms. The molecule has 1 aliphatic rings. The first-order valence-corrected chi connectivity index (χ1v) is 8.37. The van der Waals surface area contributed by atoms with Gasteiger partial charge in [0.25, 0.3) is 0 Å². The van der Waals surface area contributed by atoms with E-state index in [9.17, 15) is 0 Å². The molecule has 0 saturated carbocycles. The maximum absolute atomic E-state index is 7.18. The van der Waals surface area contributed by atoms with Crippen molar-refractivity contribution in [1.82, 2.24) is 0 Å². The van der Waals surface area contributed by atoms with E-state index in [0.29, 0.717) is 0 Å². The zero-order chi connectivity index (χ0) is 10.5. The Hall–Kier alpha value is 0.213. The van der Waals surface area contributed by atoms with Crippen LogP contribution in [0, 0.1) is 17.8 Å². The van der Waals surface area contributed by atoms with Gasteiger partial charge in [0.1, 0.15) is 0 Å². The van der Waals surface area contributed by atoms with Crippen molar-refractivity contribution >= 4 is 9.69 Å². The van der Waals surface area contributed by atoms with Crippen LogP contribution in [0.25, 0.3) is 0 Å². The van der Waals surface area contributed by atoms with E-state index >= 15 is 0 Å². The van der Waals surface area contributed by atoms with Crippen molar-refractivity contribution in [1.29, 1.82) is 0 Å². The summed E-state index contributed by atoms with van der Waals surface area (Å²) >= 11 is 0.847. The minimum atomic E-state index is 0.198. The van der Waals surface area contributed by atoms with Crippen LogP contribution in [0.4, 0.5) is 0 Å². The summed E-state index contributed by atoms with van der Waals surface area (Å²) in [4.78, 5) is 0. The van der Waals surface area contributed by atoms with Crippen LogP contribution in [0.1, 0.15) is 40.0 Å². The fourth-order valence-electron chi connectivity index (χ4n) is 1.90. The van der Waals surface area contributed by atoms with Crippen molar-refractivity contribution in [3.63, 3.8) is 0 Å². The van der Waals surface area contributed by atoms with E-state index in [1.807, 2.05) is 0 Å². The Morgan fingerprint density at radius 1 is 1.46 bits per heavy atom. The molecule has 0 aromatic carbocycles. The third-order valence-corrected chi connectivity index (χ3v) is 2.58. The van der Waals surface area contributed by atoms with Crippen LogP contribution in [0.15, 0.2) is 11.1 Å². The molecule has 0 N–H and O–H groups in total. The predicted molar refractivity (Wildman–Crippen MR) is 53.3 cm³/mol. The van der Waals surface area contributed by atoms with Crippen LogP contribution >= 0.6 is 9.69 Å². The van der Waals surface area contributed by atoms with Gasteiger partial charge in [-0.05, 0) is 6.42 Å². The van der Waals surface area contributed by atoms with Crippen molar-refractivity contribution in [3.8, 4) is 5.92 Å². The van der Waals surface area contributed by atoms with Crippen molar-refractivity contribution in [3.05, 3.63) is 17.6 Å². The molecule has 1 aliphatic carbocycles. The summed E-state index contributed by atoms with van der Waals surface area (Å²) < 4.78 is 0. The van der Waals surface area contributed by atoms with E-state index in [1.165, 1.54) is 18.4 Å². The van der Waals surface area contributed by atoms with E-state index < -0.39 is 0 Å². The summed E-state index contributed by atoms with van der Waals surface area (Å²) in [5.74, 6) is 2.57. The van der Waals surface area contributed by atoms with Crippen molar-refractivity contribution in [2.24, 2.45) is 5.41 Å². The quantitative estimate of drug-likeness (QED) is 0.347. The van der Waals surface area contributed by atoms with Crippen LogP contribution < -0.4 is 0 Å². The Labute approximate surface area is 95.8 Å². The number of rotatable bonds is 0. The molecule has 0 bridgehead atoms. The maximum atomic E-state index is 7.18. The van der Waals surface area contributed by atoms with Gasteiger partial charge in [0, 0.05) is 0 Å². The molecule has 0 radical (unpaired) electrons. The molecule has 0 atom stereocenters. The molecule has 0 saturated heterocycles. The Bertz CT molecular complexity index is 233. The van der Waals surface area contributed by atoms with Crippen molar-refractivity contribution in [2.75, 3.05) is 0 Å². The average molecular weight is 248 g/mol. The van der Waals surface area contributed by atoms with Crippen LogP contribution in [0.3, 0.4) is 0 Å². The summed E-state index contributed by atoms with van der Waals surface area (Å²) in [6, 6.07) is 0. The molecule has 1 rings (SSSR count). The molecular weight excluding hydrogens is 233 g/mol. The first-order chi connectivity index (χ1) is 6.08. The number of hydrogen-bond acceptors (Lipinski definition) is 0. The van der Waals surface area contributed by atoms with Crippen molar-refractivity contribution in [2.45, 2.75) is 40.0 Å². The zero-order valence-electron chi connectivity index (χ0n) is 8.71. The predicted octanol–water partition coefficient (Wildman–Crippen LogP) is 3.79. The average Bonchev–Trinajstić information content (AvgIpc) is 2.07. The van der Waals surface area contributed by atoms with Gasteiger partial charge in [0.05, 0.1) is 0 Å². The van der Waals surface area contributed by atoms with E-state index in [0.717, 1.165) is 29.3 Å². The molecule has 0 aromatic heterocycles. The van der Waals surface area contributed by atoms with Gasteiger partial charge in [-0.15, -0.1) is 11.1 Å². The Kier molecular flexibility index (Phi) is 5.94. The third-order valence-electron chi connectivity index (χ3n) is 2.58. The van der Waals surface area contributed by atoms with Gasteiger partial charge >= 0.3 is 27.0 Å². The fraction of sp³-hybridized carbons (Fsp3) is 0.636. The normalized spacial score (nSPS) is 20.1. The molecule has 68 valence electrons. The van der Waals surface area contributed by atoms with Gasteiger partial charge in [-0.25, -0.2) is 0 Å². The second kappa shape index (κ2) is 5.84. The van der Waals surface area contributed by atoms with E-state index in [-0.39, 0.29) is 5.41 Å². The van der Waals surface area contributed by atoms with E-state index in [4.69, 9.17) is 16.1 Å². The summed E-state index contributed by atoms with van der Waals surface area (Å²) in [6.07, 6.45) is 10.8. The molecule has 0 heterocycles. The second-order valence-electron chi connectivity index (χ2n) is 4.02. The fourth-order valence-corrected chi connectivity index (χ4v) is 1.90. The van der Waals surface area contributed by atoms with Gasteiger partial charge in [0.15, 0.2) is 0 Å². The van der Waals surface area contributed by atoms with E-state index in [2.05, 4.69) is 26.7 Å². The first-order valence-electron chi connectivity index (χ1n) is 4.47. The monoisotopic (exact) mass is 246 g/mol. The molecule has 0 amide bonds. The molecule has 0 unspecified atom stereocenters. The molecule has 13 heavy (non-hydrogen) atoms. The molecular formula is C11H15ClZn. The van der Waals surface area contributed by atoms with Gasteiger partial charge in [-0.2, -0.15) is 0 Å². The molecule has 0 aromatic rings. The molecule has 0 nitrogen and oxygen atoms in total. The van der Waals surface area contributed by atoms with Crippen LogP contribution in [-0.4, -0.2) is 0 Å². The van der Waals surface area contributed by atoms with Crippen LogP contribution in [0.5, 0.6) is 0 Å². The SMILES string of the molecule is [C-]#CC1=C(C)CCCC1(C)C.[Cl][Zn+]. The Morgan fingerprint density at radius 3 is 2.31 bits per heavy atom. The summed E-state index contributed by atoms with van der Waals surface area (Å²) in [7, 11) is 4.76. The van der Waals surface area contributed by atoms with Crippen LogP contribution in [0.2, 0.25) is 0 Å². The van der Waals surface area contributed by atoms with Crippen LogP contribution in [-0.2, 0) is 17.3 Å². The summed E-state index contributed by atoms with van der Waals surface area (Å²) in [5.41, 5.74) is 2.68. The number of hydrogen-bond donors (Lipinski definition) is 0. The Morgan fingerprint density at radius 2 is 2.00 bits per heavy atom. The van der Waals surface area contributed by atoms with Gasteiger partial charge in [0.2, 0.25) is 0 Å².